The van der Waals surface area contributed by atoms with E-state index in [1.165, 1.54) is 12.1 Å². The molecule has 1 unspecified atom stereocenters. The average molecular weight is 322 g/mol. The number of benzene rings is 2. The van der Waals surface area contributed by atoms with Gasteiger partial charge in [-0.1, -0.05) is 36.4 Å². The number of hydrogen-bond donors (Lipinski definition) is 0. The van der Waals surface area contributed by atoms with Gasteiger partial charge < -0.3 is 9.47 Å². The van der Waals surface area contributed by atoms with E-state index in [1.54, 1.807) is 12.1 Å². The minimum Gasteiger partial charge on any atom is -0.457 e. The van der Waals surface area contributed by atoms with Gasteiger partial charge >= 0.3 is 12.3 Å². The highest BCUT2D eigenvalue weighted by molar-refractivity contribution is 5.72. The predicted molar refractivity (Wildman–Crippen MR) is 76.6 cm³/mol. The van der Waals surface area contributed by atoms with E-state index in [2.05, 4.69) is 4.74 Å². The lowest BCUT2D eigenvalue weighted by molar-refractivity contribution is -0.274. The number of ether oxygens (including phenoxy) is 2. The smallest absolute Gasteiger partial charge is 0.457 e. The molecule has 1 saturated heterocycles. The molecule has 1 heterocycles. The van der Waals surface area contributed by atoms with Gasteiger partial charge in [-0.25, -0.2) is 0 Å². The number of hydrogen-bond acceptors (Lipinski definition) is 3. The number of carbonyl (C=O) groups excluding carboxylic acids is 1. The molecule has 3 rings (SSSR count). The van der Waals surface area contributed by atoms with Gasteiger partial charge in [0.25, 0.3) is 0 Å². The van der Waals surface area contributed by atoms with Crippen LogP contribution in [0, 0.1) is 0 Å². The zero-order valence-corrected chi connectivity index (χ0v) is 12.0. The van der Waals surface area contributed by atoms with E-state index in [1.807, 2.05) is 24.3 Å². The van der Waals surface area contributed by atoms with Crippen LogP contribution in [0.3, 0.4) is 0 Å². The summed E-state index contributed by atoms with van der Waals surface area (Å²) in [6, 6.07) is 13.1. The van der Waals surface area contributed by atoms with E-state index in [0.29, 0.717) is 12.8 Å². The van der Waals surface area contributed by atoms with Crippen LogP contribution >= 0.6 is 0 Å². The molecule has 2 aromatic rings. The largest absolute Gasteiger partial charge is 0.573 e. The van der Waals surface area contributed by atoms with Crippen molar-refractivity contribution in [3.63, 3.8) is 0 Å². The van der Waals surface area contributed by atoms with Crippen LogP contribution in [0.15, 0.2) is 48.5 Å². The predicted octanol–water partition coefficient (Wildman–Crippen LogP) is 4.63. The molecule has 1 aliphatic rings. The van der Waals surface area contributed by atoms with Crippen molar-refractivity contribution in [2.45, 2.75) is 25.3 Å². The fourth-order valence-corrected chi connectivity index (χ4v) is 2.50. The summed E-state index contributed by atoms with van der Waals surface area (Å²) < 4.78 is 45.4. The topological polar surface area (TPSA) is 35.5 Å². The van der Waals surface area contributed by atoms with Gasteiger partial charge in [0.1, 0.15) is 11.9 Å². The summed E-state index contributed by atoms with van der Waals surface area (Å²) in [4.78, 5) is 11.1. The Morgan fingerprint density at radius 3 is 2.00 bits per heavy atom. The molecule has 1 atom stereocenters. The molecule has 0 bridgehead atoms. The molecule has 0 amide bonds. The molecule has 0 aromatic heterocycles. The van der Waals surface area contributed by atoms with Crippen molar-refractivity contribution >= 4 is 5.97 Å². The molecule has 0 spiro atoms. The second-order valence-electron chi connectivity index (χ2n) is 5.21. The molecule has 2 aromatic carbocycles. The summed E-state index contributed by atoms with van der Waals surface area (Å²) >= 11 is 0. The SMILES string of the molecule is O=C1CCC(c2ccc(-c3ccc(OC(F)(F)F)cc3)cc2)O1. The van der Waals surface area contributed by atoms with Crippen LogP contribution in [0.5, 0.6) is 5.75 Å². The molecular formula is C17H13F3O3. The first kappa shape index (κ1) is 15.4. The first-order valence-corrected chi connectivity index (χ1v) is 7.06. The molecule has 1 fully saturated rings. The molecule has 3 nitrogen and oxygen atoms in total. The number of halogens is 3. The van der Waals surface area contributed by atoms with Crippen LogP contribution < -0.4 is 4.74 Å². The third-order valence-electron chi connectivity index (χ3n) is 3.59. The van der Waals surface area contributed by atoms with Crippen LogP contribution in [-0.4, -0.2) is 12.3 Å². The van der Waals surface area contributed by atoms with Crippen molar-refractivity contribution in [3.8, 4) is 16.9 Å². The van der Waals surface area contributed by atoms with E-state index in [-0.39, 0.29) is 17.8 Å². The van der Waals surface area contributed by atoms with Crippen LogP contribution in [0.4, 0.5) is 13.2 Å². The second kappa shape index (κ2) is 5.95. The number of alkyl halides is 3. The van der Waals surface area contributed by atoms with E-state index in [0.717, 1.165) is 16.7 Å². The van der Waals surface area contributed by atoms with Gasteiger partial charge in [-0.15, -0.1) is 13.2 Å². The highest BCUT2D eigenvalue weighted by atomic mass is 19.4. The van der Waals surface area contributed by atoms with E-state index in [9.17, 15) is 18.0 Å². The summed E-state index contributed by atoms with van der Waals surface area (Å²) in [5, 5.41) is 0. The molecule has 120 valence electrons. The minimum absolute atomic E-state index is 0.195. The van der Waals surface area contributed by atoms with Crippen LogP contribution in [0.2, 0.25) is 0 Å². The second-order valence-corrected chi connectivity index (χ2v) is 5.21. The lowest BCUT2D eigenvalue weighted by atomic mass is 10.0. The summed E-state index contributed by atoms with van der Waals surface area (Å²) in [5.74, 6) is -0.449. The van der Waals surface area contributed by atoms with Crippen molar-refractivity contribution in [3.05, 3.63) is 54.1 Å². The van der Waals surface area contributed by atoms with Crippen molar-refractivity contribution in [2.24, 2.45) is 0 Å². The zero-order valence-electron chi connectivity index (χ0n) is 12.0. The molecule has 23 heavy (non-hydrogen) atoms. The lowest BCUT2D eigenvalue weighted by Crippen LogP contribution is -2.16. The molecule has 0 aliphatic carbocycles. The van der Waals surface area contributed by atoms with Crippen LogP contribution in [0.1, 0.15) is 24.5 Å². The monoisotopic (exact) mass is 322 g/mol. The summed E-state index contributed by atoms with van der Waals surface area (Å²) in [7, 11) is 0. The van der Waals surface area contributed by atoms with E-state index in [4.69, 9.17) is 4.74 Å². The Morgan fingerprint density at radius 2 is 1.52 bits per heavy atom. The van der Waals surface area contributed by atoms with Crippen molar-refractivity contribution in [2.75, 3.05) is 0 Å². The van der Waals surface area contributed by atoms with Gasteiger partial charge in [0.15, 0.2) is 0 Å². The summed E-state index contributed by atoms with van der Waals surface area (Å²) in [5.41, 5.74) is 2.54. The third kappa shape index (κ3) is 3.83. The highest BCUT2D eigenvalue weighted by Gasteiger charge is 2.31. The molecule has 1 aliphatic heterocycles. The maximum absolute atomic E-state index is 12.1. The number of cyclic esters (lactones) is 1. The van der Waals surface area contributed by atoms with E-state index < -0.39 is 6.36 Å². The number of rotatable bonds is 3. The van der Waals surface area contributed by atoms with Crippen molar-refractivity contribution < 1.29 is 27.4 Å². The summed E-state index contributed by atoms with van der Waals surface area (Å²) in [6.45, 7) is 0. The third-order valence-corrected chi connectivity index (χ3v) is 3.59. The first-order chi connectivity index (χ1) is 10.9. The van der Waals surface area contributed by atoms with Gasteiger partial charge in [-0.05, 0) is 35.2 Å². The standard InChI is InChI=1S/C17H13F3O3/c18-17(19,20)23-14-7-5-12(6-8-14)11-1-3-13(4-2-11)15-9-10-16(21)22-15/h1-8,15H,9-10H2. The fourth-order valence-electron chi connectivity index (χ4n) is 2.50. The van der Waals surface area contributed by atoms with Gasteiger partial charge in [-0.2, -0.15) is 0 Å². The highest BCUT2D eigenvalue weighted by Crippen LogP contribution is 2.31. The Bertz CT molecular complexity index is 691. The first-order valence-electron chi connectivity index (χ1n) is 7.06. The zero-order chi connectivity index (χ0) is 16.4. The number of carbonyl (C=O) groups is 1. The van der Waals surface area contributed by atoms with Crippen LogP contribution in [-0.2, 0) is 9.53 Å². The fraction of sp³-hybridized carbons (Fsp3) is 0.235. The van der Waals surface area contributed by atoms with Crippen LogP contribution in [0.25, 0.3) is 11.1 Å². The average Bonchev–Trinajstić information content (AvgIpc) is 2.93. The van der Waals surface area contributed by atoms with Gasteiger partial charge in [0, 0.05) is 6.42 Å². The van der Waals surface area contributed by atoms with Crippen molar-refractivity contribution in [1.29, 1.82) is 0 Å². The maximum Gasteiger partial charge on any atom is 0.573 e. The maximum atomic E-state index is 12.1. The van der Waals surface area contributed by atoms with Gasteiger partial charge in [0.05, 0.1) is 0 Å². The summed E-state index contributed by atoms with van der Waals surface area (Å²) in [6.07, 6.45) is -3.81. The molecular weight excluding hydrogens is 309 g/mol. The Labute approximate surface area is 130 Å². The minimum atomic E-state index is -4.69. The Kier molecular flexibility index (Phi) is 3.98. The molecule has 0 radical (unpaired) electrons. The Morgan fingerprint density at radius 1 is 0.957 bits per heavy atom. The van der Waals surface area contributed by atoms with E-state index >= 15 is 0 Å². The number of esters is 1. The Balaban J connectivity index is 1.73. The molecule has 0 N–H and O–H groups in total. The molecule has 6 heteroatoms. The normalized spacial score (nSPS) is 17.9. The quantitative estimate of drug-likeness (QED) is 0.773. The Hall–Kier alpha value is -2.50. The lowest BCUT2D eigenvalue weighted by Gasteiger charge is -2.11. The van der Waals surface area contributed by atoms with Gasteiger partial charge in [-0.3, -0.25) is 4.79 Å². The van der Waals surface area contributed by atoms with Gasteiger partial charge in [0.2, 0.25) is 0 Å². The molecule has 0 saturated carbocycles. The van der Waals surface area contributed by atoms with Crippen molar-refractivity contribution in [1.82, 2.24) is 0 Å².